The highest BCUT2D eigenvalue weighted by Crippen LogP contribution is 2.17. The Bertz CT molecular complexity index is 980. The fourth-order valence-electron chi connectivity index (χ4n) is 3.02. The number of carbonyl (C=O) groups excluding carboxylic acids is 2. The molecule has 0 heterocycles. The average molecular weight is 388 g/mol. The van der Waals surface area contributed by atoms with Crippen LogP contribution in [0.3, 0.4) is 0 Å². The van der Waals surface area contributed by atoms with Crippen molar-refractivity contribution in [2.24, 2.45) is 0 Å². The third kappa shape index (κ3) is 5.69. The first-order valence-corrected chi connectivity index (χ1v) is 9.47. The summed E-state index contributed by atoms with van der Waals surface area (Å²) in [4.78, 5) is 25.0. The molecule has 5 nitrogen and oxygen atoms in total. The van der Waals surface area contributed by atoms with Crippen LogP contribution < -0.4 is 15.4 Å². The maximum Gasteiger partial charge on any atom is 0.255 e. The second-order valence-corrected chi connectivity index (χ2v) is 6.79. The highest BCUT2D eigenvalue weighted by atomic mass is 16.5. The van der Waals surface area contributed by atoms with Gasteiger partial charge in [0.05, 0.1) is 17.8 Å². The molecule has 0 radical (unpaired) electrons. The van der Waals surface area contributed by atoms with Gasteiger partial charge in [-0.05, 0) is 61.4 Å². The van der Waals surface area contributed by atoms with Gasteiger partial charge < -0.3 is 15.4 Å². The molecule has 0 aliphatic heterocycles. The number of anilines is 1. The fourth-order valence-corrected chi connectivity index (χ4v) is 3.02. The van der Waals surface area contributed by atoms with E-state index in [0.29, 0.717) is 30.0 Å². The molecule has 2 amide bonds. The predicted octanol–water partition coefficient (Wildman–Crippen LogP) is 4.36. The second-order valence-electron chi connectivity index (χ2n) is 6.79. The Balaban J connectivity index is 1.57. The Labute approximate surface area is 170 Å². The molecule has 0 aromatic heterocycles. The molecule has 3 aromatic carbocycles. The van der Waals surface area contributed by atoms with Crippen molar-refractivity contribution in [2.45, 2.75) is 13.8 Å². The Hall–Kier alpha value is -3.60. The van der Waals surface area contributed by atoms with E-state index in [2.05, 4.69) is 16.7 Å². The van der Waals surface area contributed by atoms with Crippen molar-refractivity contribution >= 4 is 17.5 Å². The number of nitrogens with one attached hydrogen (secondary N) is 2. The molecule has 29 heavy (non-hydrogen) atoms. The Kier molecular flexibility index (Phi) is 6.63. The largest absolute Gasteiger partial charge is 0.492 e. The molecule has 0 saturated heterocycles. The minimum absolute atomic E-state index is 0.260. The summed E-state index contributed by atoms with van der Waals surface area (Å²) in [7, 11) is 0. The van der Waals surface area contributed by atoms with Crippen LogP contribution in [0, 0.1) is 13.8 Å². The number of para-hydroxylation sites is 1. The van der Waals surface area contributed by atoms with E-state index in [9.17, 15) is 9.59 Å². The minimum atomic E-state index is -0.266. The predicted molar refractivity (Wildman–Crippen MR) is 115 cm³/mol. The molecule has 0 bridgehead atoms. The molecular formula is C24H24N2O3. The average Bonchev–Trinajstić information content (AvgIpc) is 2.71. The third-order valence-corrected chi connectivity index (χ3v) is 4.31. The summed E-state index contributed by atoms with van der Waals surface area (Å²) in [6, 6.07) is 21.8. The van der Waals surface area contributed by atoms with Gasteiger partial charge in [-0.3, -0.25) is 9.59 Å². The van der Waals surface area contributed by atoms with Crippen molar-refractivity contribution < 1.29 is 14.3 Å². The van der Waals surface area contributed by atoms with Crippen molar-refractivity contribution in [1.29, 1.82) is 0 Å². The van der Waals surface area contributed by atoms with Gasteiger partial charge in [-0.25, -0.2) is 0 Å². The zero-order chi connectivity index (χ0) is 20.6. The monoisotopic (exact) mass is 388 g/mol. The van der Waals surface area contributed by atoms with Crippen LogP contribution in [0.4, 0.5) is 5.69 Å². The zero-order valence-electron chi connectivity index (χ0n) is 16.6. The maximum absolute atomic E-state index is 12.6. The van der Waals surface area contributed by atoms with E-state index in [1.54, 1.807) is 48.5 Å². The summed E-state index contributed by atoms with van der Waals surface area (Å²) in [5.41, 5.74) is 3.67. The molecule has 0 aliphatic rings. The minimum Gasteiger partial charge on any atom is -0.492 e. The highest BCUT2D eigenvalue weighted by Gasteiger charge is 2.13. The summed E-state index contributed by atoms with van der Waals surface area (Å²) in [5, 5.41) is 5.64. The number of amides is 2. The van der Waals surface area contributed by atoms with E-state index < -0.39 is 0 Å². The third-order valence-electron chi connectivity index (χ3n) is 4.31. The summed E-state index contributed by atoms with van der Waals surface area (Å²) in [5.74, 6) is 0.259. The van der Waals surface area contributed by atoms with E-state index in [1.807, 2.05) is 32.0 Å². The molecule has 0 unspecified atom stereocenters. The number of carbonyl (C=O) groups is 2. The van der Waals surface area contributed by atoms with Crippen LogP contribution in [-0.2, 0) is 0 Å². The van der Waals surface area contributed by atoms with Crippen LogP contribution in [-0.4, -0.2) is 25.0 Å². The number of hydrogen-bond donors (Lipinski definition) is 2. The summed E-state index contributed by atoms with van der Waals surface area (Å²) in [6.07, 6.45) is 0. The molecule has 3 rings (SSSR count). The lowest BCUT2D eigenvalue weighted by Crippen LogP contribution is -2.29. The first-order chi connectivity index (χ1) is 14.0. The van der Waals surface area contributed by atoms with Crippen molar-refractivity contribution in [3.05, 3.63) is 95.1 Å². The molecule has 5 heteroatoms. The molecule has 0 saturated carbocycles. The molecule has 0 aliphatic carbocycles. The summed E-state index contributed by atoms with van der Waals surface area (Å²) in [6.45, 7) is 4.74. The normalized spacial score (nSPS) is 10.3. The maximum atomic E-state index is 12.6. The summed E-state index contributed by atoms with van der Waals surface area (Å²) >= 11 is 0. The smallest absolute Gasteiger partial charge is 0.255 e. The first-order valence-electron chi connectivity index (χ1n) is 9.47. The SMILES string of the molecule is Cc1cc(C)cc(OCCNC(=O)c2ccccc2NC(=O)c2ccccc2)c1. The van der Waals surface area contributed by atoms with Gasteiger partial charge in [0.1, 0.15) is 12.4 Å². The molecular weight excluding hydrogens is 364 g/mol. The molecule has 0 spiro atoms. The Morgan fingerprint density at radius 2 is 1.48 bits per heavy atom. The quantitative estimate of drug-likeness (QED) is 0.591. The van der Waals surface area contributed by atoms with Gasteiger partial charge >= 0.3 is 0 Å². The van der Waals surface area contributed by atoms with E-state index >= 15 is 0 Å². The van der Waals surface area contributed by atoms with Crippen LogP contribution >= 0.6 is 0 Å². The van der Waals surface area contributed by atoms with Gasteiger partial charge in [-0.1, -0.05) is 36.4 Å². The highest BCUT2D eigenvalue weighted by molar-refractivity contribution is 6.08. The molecule has 3 aromatic rings. The summed E-state index contributed by atoms with van der Waals surface area (Å²) < 4.78 is 5.72. The van der Waals surface area contributed by atoms with Crippen LogP contribution in [0.1, 0.15) is 31.8 Å². The van der Waals surface area contributed by atoms with E-state index in [-0.39, 0.29) is 11.8 Å². The van der Waals surface area contributed by atoms with Gasteiger partial charge in [-0.15, -0.1) is 0 Å². The van der Waals surface area contributed by atoms with Crippen LogP contribution in [0.15, 0.2) is 72.8 Å². The van der Waals surface area contributed by atoms with Crippen molar-refractivity contribution in [1.82, 2.24) is 5.32 Å². The van der Waals surface area contributed by atoms with Crippen molar-refractivity contribution in [3.8, 4) is 5.75 Å². The lowest BCUT2D eigenvalue weighted by Gasteiger charge is -2.12. The number of hydrogen-bond acceptors (Lipinski definition) is 3. The van der Waals surface area contributed by atoms with Gasteiger partial charge in [0.2, 0.25) is 0 Å². The number of ether oxygens (including phenoxy) is 1. The van der Waals surface area contributed by atoms with E-state index in [0.717, 1.165) is 16.9 Å². The van der Waals surface area contributed by atoms with Gasteiger partial charge in [-0.2, -0.15) is 0 Å². The lowest BCUT2D eigenvalue weighted by molar-refractivity contribution is 0.0948. The van der Waals surface area contributed by atoms with Crippen LogP contribution in [0.25, 0.3) is 0 Å². The van der Waals surface area contributed by atoms with E-state index in [4.69, 9.17) is 4.74 Å². The first kappa shape index (κ1) is 20.1. The van der Waals surface area contributed by atoms with Gasteiger partial charge in [0.25, 0.3) is 11.8 Å². The van der Waals surface area contributed by atoms with Crippen molar-refractivity contribution in [2.75, 3.05) is 18.5 Å². The number of aryl methyl sites for hydroxylation is 2. The second kappa shape index (κ2) is 9.55. The van der Waals surface area contributed by atoms with Crippen molar-refractivity contribution in [3.63, 3.8) is 0 Å². The molecule has 2 N–H and O–H groups in total. The molecule has 0 fully saturated rings. The zero-order valence-corrected chi connectivity index (χ0v) is 16.6. The Morgan fingerprint density at radius 1 is 0.828 bits per heavy atom. The Morgan fingerprint density at radius 3 is 2.21 bits per heavy atom. The van der Waals surface area contributed by atoms with Crippen LogP contribution in [0.5, 0.6) is 5.75 Å². The van der Waals surface area contributed by atoms with Gasteiger partial charge in [0.15, 0.2) is 0 Å². The van der Waals surface area contributed by atoms with Gasteiger partial charge in [0, 0.05) is 5.56 Å². The topological polar surface area (TPSA) is 67.4 Å². The van der Waals surface area contributed by atoms with E-state index in [1.165, 1.54) is 0 Å². The number of rotatable bonds is 7. The van der Waals surface area contributed by atoms with Crippen LogP contribution in [0.2, 0.25) is 0 Å². The fraction of sp³-hybridized carbons (Fsp3) is 0.167. The molecule has 0 atom stereocenters. The standard InChI is InChI=1S/C24H24N2O3/c1-17-14-18(2)16-20(15-17)29-13-12-25-24(28)21-10-6-7-11-22(21)26-23(27)19-8-4-3-5-9-19/h3-11,14-16H,12-13H2,1-2H3,(H,25,28)(H,26,27). The lowest BCUT2D eigenvalue weighted by atomic mass is 10.1. The molecule has 148 valence electrons. The number of benzene rings is 3.